The van der Waals surface area contributed by atoms with Crippen molar-refractivity contribution in [3.63, 3.8) is 0 Å². The molecule has 4 heteroatoms. The molecule has 4 nitrogen and oxygen atoms in total. The van der Waals surface area contributed by atoms with Crippen molar-refractivity contribution in [2.75, 3.05) is 13.6 Å². The molecule has 1 N–H and O–H groups in total. The minimum absolute atomic E-state index is 0.0178. The van der Waals surface area contributed by atoms with E-state index in [1.54, 1.807) is 7.05 Å². The summed E-state index contributed by atoms with van der Waals surface area (Å²) in [6, 6.07) is 7.70. The van der Waals surface area contributed by atoms with Crippen LogP contribution in [-0.2, 0) is 16.0 Å². The lowest BCUT2D eigenvalue weighted by atomic mass is 10.1. The lowest BCUT2D eigenvalue weighted by molar-refractivity contribution is -0.138. The Balaban J connectivity index is 2.54. The second-order valence-electron chi connectivity index (χ2n) is 4.06. The lowest BCUT2D eigenvalue weighted by Crippen LogP contribution is -2.30. The Bertz CT molecular complexity index is 415. The second kappa shape index (κ2) is 6.03. The zero-order valence-electron chi connectivity index (χ0n) is 10.1. The molecular weight excluding hydrogens is 218 g/mol. The molecule has 0 spiro atoms. The molecule has 0 atom stereocenters. The summed E-state index contributed by atoms with van der Waals surface area (Å²) >= 11 is 0. The van der Waals surface area contributed by atoms with Crippen LogP contribution >= 0.6 is 0 Å². The normalized spacial score (nSPS) is 10.0. The van der Waals surface area contributed by atoms with E-state index in [4.69, 9.17) is 5.11 Å². The monoisotopic (exact) mass is 235 g/mol. The van der Waals surface area contributed by atoms with Gasteiger partial charge in [0, 0.05) is 13.6 Å². The van der Waals surface area contributed by atoms with Crippen LogP contribution in [0.5, 0.6) is 0 Å². The number of carboxylic acid groups (broad SMARTS) is 1. The number of rotatable bonds is 5. The minimum atomic E-state index is -0.888. The van der Waals surface area contributed by atoms with Gasteiger partial charge in [0.15, 0.2) is 0 Å². The second-order valence-corrected chi connectivity index (χ2v) is 4.06. The van der Waals surface area contributed by atoms with Crippen LogP contribution in [0.4, 0.5) is 0 Å². The number of benzene rings is 1. The quantitative estimate of drug-likeness (QED) is 0.840. The van der Waals surface area contributed by atoms with Crippen molar-refractivity contribution in [3.8, 4) is 0 Å². The smallest absolute Gasteiger partial charge is 0.305 e. The van der Waals surface area contributed by atoms with Crippen molar-refractivity contribution in [2.45, 2.75) is 19.8 Å². The number of aliphatic carboxylic acids is 1. The van der Waals surface area contributed by atoms with Crippen LogP contribution in [0.1, 0.15) is 17.5 Å². The van der Waals surface area contributed by atoms with Gasteiger partial charge in [-0.1, -0.05) is 24.3 Å². The van der Waals surface area contributed by atoms with Gasteiger partial charge in [-0.3, -0.25) is 9.59 Å². The molecule has 0 aliphatic carbocycles. The first-order valence-electron chi connectivity index (χ1n) is 5.51. The summed E-state index contributed by atoms with van der Waals surface area (Å²) < 4.78 is 0. The maximum Gasteiger partial charge on any atom is 0.305 e. The van der Waals surface area contributed by atoms with Crippen LogP contribution in [-0.4, -0.2) is 35.5 Å². The topological polar surface area (TPSA) is 57.6 Å². The van der Waals surface area contributed by atoms with E-state index in [-0.39, 0.29) is 18.9 Å². The third-order valence-corrected chi connectivity index (χ3v) is 2.69. The number of aryl methyl sites for hydroxylation is 1. The zero-order chi connectivity index (χ0) is 12.8. The van der Waals surface area contributed by atoms with Crippen molar-refractivity contribution in [1.29, 1.82) is 0 Å². The summed E-state index contributed by atoms with van der Waals surface area (Å²) in [5.74, 6) is -0.943. The summed E-state index contributed by atoms with van der Waals surface area (Å²) in [5.41, 5.74) is 2.06. The van der Waals surface area contributed by atoms with Crippen LogP contribution in [0, 0.1) is 6.92 Å². The molecule has 0 fully saturated rings. The average Bonchev–Trinajstić information content (AvgIpc) is 2.28. The Kier molecular flexibility index (Phi) is 4.69. The number of carboxylic acids is 1. The van der Waals surface area contributed by atoms with Crippen molar-refractivity contribution < 1.29 is 14.7 Å². The van der Waals surface area contributed by atoms with E-state index >= 15 is 0 Å². The maximum atomic E-state index is 11.8. The van der Waals surface area contributed by atoms with Crippen molar-refractivity contribution in [2.24, 2.45) is 0 Å². The molecule has 92 valence electrons. The molecule has 0 unspecified atom stereocenters. The summed E-state index contributed by atoms with van der Waals surface area (Å²) in [6.45, 7) is 2.21. The van der Waals surface area contributed by atoms with Crippen LogP contribution in [0.25, 0.3) is 0 Å². The van der Waals surface area contributed by atoms with Gasteiger partial charge in [0.1, 0.15) is 0 Å². The van der Waals surface area contributed by atoms with Gasteiger partial charge in [0.25, 0.3) is 0 Å². The fraction of sp³-hybridized carbons (Fsp3) is 0.385. The first kappa shape index (κ1) is 13.2. The number of carbonyl (C=O) groups is 2. The van der Waals surface area contributed by atoms with E-state index in [1.165, 1.54) is 4.90 Å². The predicted molar refractivity (Wildman–Crippen MR) is 64.8 cm³/mol. The lowest BCUT2D eigenvalue weighted by Gasteiger charge is -2.16. The predicted octanol–water partition coefficient (Wildman–Crippen LogP) is 1.47. The molecule has 1 amide bonds. The summed E-state index contributed by atoms with van der Waals surface area (Å²) in [7, 11) is 1.63. The van der Waals surface area contributed by atoms with E-state index in [9.17, 15) is 9.59 Å². The van der Waals surface area contributed by atoms with E-state index in [1.807, 2.05) is 31.2 Å². The highest BCUT2D eigenvalue weighted by Crippen LogP contribution is 2.08. The van der Waals surface area contributed by atoms with Gasteiger partial charge < -0.3 is 10.0 Å². The van der Waals surface area contributed by atoms with E-state index in [0.717, 1.165) is 11.1 Å². The van der Waals surface area contributed by atoms with Crippen molar-refractivity contribution in [1.82, 2.24) is 4.90 Å². The van der Waals surface area contributed by atoms with Crippen LogP contribution in [0.2, 0.25) is 0 Å². The molecule has 1 aromatic rings. The summed E-state index contributed by atoms with van der Waals surface area (Å²) in [6.07, 6.45) is 0.304. The number of likely N-dealkylation sites (N-methyl/N-ethyl adjacent to an activating group) is 1. The van der Waals surface area contributed by atoms with Crippen LogP contribution in [0.3, 0.4) is 0 Å². The molecule has 1 aromatic carbocycles. The highest BCUT2D eigenvalue weighted by atomic mass is 16.4. The molecule has 0 saturated carbocycles. The molecule has 0 bridgehead atoms. The Morgan fingerprint density at radius 3 is 2.53 bits per heavy atom. The number of amides is 1. The van der Waals surface area contributed by atoms with Crippen LogP contribution < -0.4 is 0 Å². The first-order valence-corrected chi connectivity index (χ1v) is 5.51. The van der Waals surface area contributed by atoms with Gasteiger partial charge in [0.05, 0.1) is 12.8 Å². The van der Waals surface area contributed by atoms with E-state index in [0.29, 0.717) is 6.42 Å². The van der Waals surface area contributed by atoms with Gasteiger partial charge >= 0.3 is 5.97 Å². The van der Waals surface area contributed by atoms with E-state index in [2.05, 4.69) is 0 Å². The van der Waals surface area contributed by atoms with Crippen molar-refractivity contribution in [3.05, 3.63) is 35.4 Å². The number of carbonyl (C=O) groups excluding carboxylic acids is 1. The van der Waals surface area contributed by atoms with Crippen LogP contribution in [0.15, 0.2) is 24.3 Å². The molecular formula is C13H17NO3. The Labute approximate surface area is 101 Å². The van der Waals surface area contributed by atoms with Gasteiger partial charge in [-0.2, -0.15) is 0 Å². The summed E-state index contributed by atoms with van der Waals surface area (Å²) in [4.78, 5) is 23.7. The molecule has 1 rings (SSSR count). The molecule has 0 saturated heterocycles. The fourth-order valence-electron chi connectivity index (χ4n) is 1.49. The third-order valence-electron chi connectivity index (χ3n) is 2.69. The Morgan fingerprint density at radius 1 is 1.29 bits per heavy atom. The molecule has 0 aliphatic heterocycles. The maximum absolute atomic E-state index is 11.8. The minimum Gasteiger partial charge on any atom is -0.481 e. The van der Waals surface area contributed by atoms with Gasteiger partial charge in [-0.25, -0.2) is 0 Å². The number of hydrogen-bond donors (Lipinski definition) is 1. The molecule has 0 radical (unpaired) electrons. The molecule has 0 aromatic heterocycles. The Morgan fingerprint density at radius 2 is 1.94 bits per heavy atom. The van der Waals surface area contributed by atoms with Gasteiger partial charge in [-0.15, -0.1) is 0 Å². The van der Waals surface area contributed by atoms with Gasteiger partial charge in [0.2, 0.25) is 5.91 Å². The molecule has 17 heavy (non-hydrogen) atoms. The molecule has 0 aliphatic rings. The average molecular weight is 235 g/mol. The highest BCUT2D eigenvalue weighted by Gasteiger charge is 2.11. The molecule has 0 heterocycles. The SMILES string of the molecule is Cc1ccccc1CC(=O)N(C)CCC(=O)O. The van der Waals surface area contributed by atoms with E-state index < -0.39 is 5.97 Å². The number of hydrogen-bond acceptors (Lipinski definition) is 2. The fourth-order valence-corrected chi connectivity index (χ4v) is 1.49. The first-order chi connectivity index (χ1) is 8.00. The third kappa shape index (κ3) is 4.26. The zero-order valence-corrected chi connectivity index (χ0v) is 10.1. The standard InChI is InChI=1S/C13H17NO3/c1-10-5-3-4-6-11(10)9-12(15)14(2)8-7-13(16)17/h3-6H,7-9H2,1-2H3,(H,16,17). The highest BCUT2D eigenvalue weighted by molar-refractivity contribution is 5.79. The van der Waals surface area contributed by atoms with Crippen molar-refractivity contribution >= 4 is 11.9 Å². The summed E-state index contributed by atoms with van der Waals surface area (Å²) in [5, 5.41) is 8.54. The largest absolute Gasteiger partial charge is 0.481 e. The number of nitrogens with zero attached hydrogens (tertiary/aromatic N) is 1. The Hall–Kier alpha value is -1.84. The van der Waals surface area contributed by atoms with Gasteiger partial charge in [-0.05, 0) is 18.1 Å².